The van der Waals surface area contributed by atoms with Gasteiger partial charge in [-0.1, -0.05) is 29.0 Å². The fraction of sp³-hybridized carbons (Fsp3) is 0.176. The molecule has 4 rings (SSSR count). The maximum absolute atomic E-state index is 12.5. The molecule has 5 nitrogen and oxygen atoms in total. The first-order valence-electron chi connectivity index (χ1n) is 7.95. The highest BCUT2D eigenvalue weighted by Crippen LogP contribution is 2.38. The highest BCUT2D eigenvalue weighted by Gasteiger charge is 2.32. The molecule has 0 spiro atoms. The van der Waals surface area contributed by atoms with Crippen LogP contribution in [0.25, 0.3) is 10.2 Å². The summed E-state index contributed by atoms with van der Waals surface area (Å²) in [7, 11) is 1.77. The average Bonchev–Trinajstić information content (AvgIpc) is 3.29. The van der Waals surface area contributed by atoms with Gasteiger partial charge in [0, 0.05) is 18.3 Å². The SMILES string of the molecule is CNC1N=C(c2cccs2)C=CN1c1nc2c(Cl)cc(OC(F)(F)F)cc2s1. The van der Waals surface area contributed by atoms with Crippen molar-refractivity contribution in [2.75, 3.05) is 11.9 Å². The summed E-state index contributed by atoms with van der Waals surface area (Å²) in [5.74, 6) is -0.377. The Morgan fingerprint density at radius 1 is 1.32 bits per heavy atom. The zero-order valence-corrected chi connectivity index (χ0v) is 16.6. The molecule has 146 valence electrons. The molecular weight excluding hydrogens is 433 g/mol. The first-order valence-corrected chi connectivity index (χ1v) is 10.0. The Morgan fingerprint density at radius 3 is 2.82 bits per heavy atom. The first-order chi connectivity index (χ1) is 13.3. The summed E-state index contributed by atoms with van der Waals surface area (Å²) in [6.07, 6.45) is -1.50. The summed E-state index contributed by atoms with van der Waals surface area (Å²) >= 11 is 8.91. The molecule has 2 aromatic heterocycles. The lowest BCUT2D eigenvalue weighted by Crippen LogP contribution is -2.42. The molecule has 28 heavy (non-hydrogen) atoms. The number of alkyl halides is 3. The second kappa shape index (κ2) is 7.36. The van der Waals surface area contributed by atoms with Crippen LogP contribution in [0.2, 0.25) is 5.02 Å². The van der Waals surface area contributed by atoms with Crippen LogP contribution in [0.3, 0.4) is 0 Å². The Hall–Kier alpha value is -2.14. The van der Waals surface area contributed by atoms with E-state index in [1.165, 1.54) is 17.4 Å². The Bertz CT molecular complexity index is 1060. The van der Waals surface area contributed by atoms with Crippen LogP contribution in [0.5, 0.6) is 5.75 Å². The van der Waals surface area contributed by atoms with E-state index in [4.69, 9.17) is 11.6 Å². The number of thiophene rings is 1. The Balaban J connectivity index is 1.67. The molecule has 0 aliphatic carbocycles. The van der Waals surface area contributed by atoms with Crippen LogP contribution in [0.1, 0.15) is 4.88 Å². The number of halogens is 4. The molecule has 3 aromatic rings. The summed E-state index contributed by atoms with van der Waals surface area (Å²) in [5.41, 5.74) is 1.25. The predicted molar refractivity (Wildman–Crippen MR) is 107 cm³/mol. The second-order valence-electron chi connectivity index (χ2n) is 5.67. The van der Waals surface area contributed by atoms with Crippen LogP contribution in [0, 0.1) is 0 Å². The average molecular weight is 445 g/mol. The van der Waals surface area contributed by atoms with Crippen molar-refractivity contribution in [3.63, 3.8) is 0 Å². The second-order valence-corrected chi connectivity index (χ2v) is 8.04. The number of aromatic nitrogens is 1. The molecule has 3 heterocycles. The highest BCUT2D eigenvalue weighted by molar-refractivity contribution is 7.22. The van der Waals surface area contributed by atoms with Gasteiger partial charge in [-0.2, -0.15) is 0 Å². The fourth-order valence-corrected chi connectivity index (χ4v) is 4.70. The number of hydrogen-bond donors (Lipinski definition) is 1. The molecule has 1 unspecified atom stereocenters. The minimum atomic E-state index is -4.79. The van der Waals surface area contributed by atoms with Gasteiger partial charge in [-0.05, 0) is 24.6 Å². The van der Waals surface area contributed by atoms with E-state index in [-0.39, 0.29) is 10.8 Å². The van der Waals surface area contributed by atoms with E-state index in [0.29, 0.717) is 15.3 Å². The van der Waals surface area contributed by atoms with Crippen LogP contribution < -0.4 is 15.0 Å². The lowest BCUT2D eigenvalue weighted by Gasteiger charge is -2.28. The summed E-state index contributed by atoms with van der Waals surface area (Å²) in [5, 5.41) is 5.71. The highest BCUT2D eigenvalue weighted by atomic mass is 35.5. The maximum Gasteiger partial charge on any atom is 0.573 e. The van der Waals surface area contributed by atoms with Gasteiger partial charge in [0.1, 0.15) is 11.3 Å². The van der Waals surface area contributed by atoms with Gasteiger partial charge in [0.05, 0.1) is 20.3 Å². The Labute approximate surface area is 170 Å². The van der Waals surface area contributed by atoms with Gasteiger partial charge in [-0.3, -0.25) is 10.2 Å². The number of nitrogens with one attached hydrogen (secondary N) is 1. The van der Waals surface area contributed by atoms with E-state index >= 15 is 0 Å². The Kier molecular flexibility index (Phi) is 5.04. The third-order valence-corrected chi connectivity index (χ3v) is 6.01. The summed E-state index contributed by atoms with van der Waals surface area (Å²) in [6.45, 7) is 0. The van der Waals surface area contributed by atoms with Crippen LogP contribution >= 0.6 is 34.3 Å². The molecule has 1 aliphatic heterocycles. The normalized spacial score (nSPS) is 17.2. The van der Waals surface area contributed by atoms with E-state index < -0.39 is 12.7 Å². The molecule has 0 saturated heterocycles. The van der Waals surface area contributed by atoms with Crippen molar-refractivity contribution in [3.8, 4) is 5.75 Å². The molecular formula is C17H12ClF3N4OS2. The van der Waals surface area contributed by atoms with Gasteiger partial charge >= 0.3 is 6.36 Å². The number of allylic oxidation sites excluding steroid dienone is 1. The van der Waals surface area contributed by atoms with Gasteiger partial charge in [0.2, 0.25) is 0 Å². The number of hydrogen-bond acceptors (Lipinski definition) is 7. The van der Waals surface area contributed by atoms with Gasteiger partial charge in [0.25, 0.3) is 0 Å². The van der Waals surface area contributed by atoms with E-state index in [2.05, 4.69) is 20.0 Å². The van der Waals surface area contributed by atoms with Gasteiger partial charge < -0.3 is 4.74 Å². The van der Waals surface area contributed by atoms with E-state index in [1.807, 2.05) is 29.8 Å². The van der Waals surface area contributed by atoms with Crippen molar-refractivity contribution < 1.29 is 17.9 Å². The zero-order chi connectivity index (χ0) is 19.9. The summed E-state index contributed by atoms with van der Waals surface area (Å²) in [6, 6.07) is 6.32. The van der Waals surface area contributed by atoms with Gasteiger partial charge in [-0.25, -0.2) is 9.98 Å². The van der Waals surface area contributed by atoms with Crippen LogP contribution in [-0.4, -0.2) is 30.4 Å². The maximum atomic E-state index is 12.5. The quantitative estimate of drug-likeness (QED) is 0.598. The molecule has 1 aliphatic rings. The summed E-state index contributed by atoms with van der Waals surface area (Å²) < 4.78 is 42.0. The lowest BCUT2D eigenvalue weighted by atomic mass is 10.2. The monoisotopic (exact) mass is 444 g/mol. The molecule has 1 aromatic carbocycles. The third-order valence-electron chi connectivity index (χ3n) is 3.81. The molecule has 11 heteroatoms. The fourth-order valence-electron chi connectivity index (χ4n) is 2.67. The van der Waals surface area contributed by atoms with E-state index in [1.54, 1.807) is 23.3 Å². The number of aliphatic imine (C=N–C) groups is 1. The van der Waals surface area contributed by atoms with E-state index in [9.17, 15) is 13.2 Å². The number of thiazole rings is 1. The van der Waals surface area contributed by atoms with Crippen LogP contribution in [-0.2, 0) is 0 Å². The molecule has 0 bridgehead atoms. The summed E-state index contributed by atoms with van der Waals surface area (Å²) in [4.78, 5) is 12.0. The number of fused-ring (bicyclic) bond motifs is 1. The van der Waals surface area contributed by atoms with Crippen molar-refractivity contribution >= 4 is 55.3 Å². The smallest absolute Gasteiger partial charge is 0.406 e. The zero-order valence-electron chi connectivity index (χ0n) is 14.2. The van der Waals surface area contributed by atoms with Crippen molar-refractivity contribution in [2.24, 2.45) is 4.99 Å². The van der Waals surface area contributed by atoms with Crippen molar-refractivity contribution in [3.05, 3.63) is 51.8 Å². The molecule has 0 radical (unpaired) electrons. The molecule has 1 atom stereocenters. The van der Waals surface area contributed by atoms with Crippen LogP contribution in [0.15, 0.2) is 46.9 Å². The van der Waals surface area contributed by atoms with Gasteiger partial charge in [-0.15, -0.1) is 24.5 Å². The third kappa shape index (κ3) is 3.86. The van der Waals surface area contributed by atoms with Crippen molar-refractivity contribution in [2.45, 2.75) is 12.7 Å². The number of ether oxygens (including phenoxy) is 1. The number of anilines is 1. The predicted octanol–water partition coefficient (Wildman–Crippen LogP) is 5.24. The molecule has 0 fully saturated rings. The molecule has 0 saturated carbocycles. The minimum Gasteiger partial charge on any atom is -0.406 e. The molecule has 0 amide bonds. The molecule has 1 N–H and O–H groups in total. The standard InChI is InChI=1S/C17H12ClF3N4OS2/c1-22-15-23-11(12-3-2-6-27-12)4-5-25(15)16-24-14-10(18)7-9(8-13(14)28-16)26-17(19,20)21/h2-8,15,22H,1H3. The Morgan fingerprint density at radius 2 is 2.14 bits per heavy atom. The number of benzene rings is 1. The number of rotatable bonds is 4. The number of nitrogens with zero attached hydrogens (tertiary/aromatic N) is 3. The van der Waals surface area contributed by atoms with Crippen LogP contribution in [0.4, 0.5) is 18.3 Å². The van der Waals surface area contributed by atoms with Gasteiger partial charge in [0.15, 0.2) is 11.4 Å². The first kappa shape index (κ1) is 19.2. The lowest BCUT2D eigenvalue weighted by molar-refractivity contribution is -0.274. The van der Waals surface area contributed by atoms with Crippen molar-refractivity contribution in [1.82, 2.24) is 10.3 Å². The van der Waals surface area contributed by atoms with Crippen molar-refractivity contribution in [1.29, 1.82) is 0 Å². The topological polar surface area (TPSA) is 49.8 Å². The largest absolute Gasteiger partial charge is 0.573 e. The minimum absolute atomic E-state index is 0.0871. The van der Waals surface area contributed by atoms with E-state index in [0.717, 1.165) is 16.7 Å².